The molecule has 1 unspecified atom stereocenters. The zero-order chi connectivity index (χ0) is 12.3. The van der Waals surface area contributed by atoms with Crippen LogP contribution in [0.3, 0.4) is 0 Å². The second kappa shape index (κ2) is 5.11. The largest absolute Gasteiger partial charge is 0.478 e. The van der Waals surface area contributed by atoms with Gasteiger partial charge in [0.2, 0.25) is 5.88 Å². The third-order valence-corrected chi connectivity index (χ3v) is 2.88. The Bertz CT molecular complexity index is 428. The first-order valence-corrected chi connectivity index (χ1v) is 5.89. The van der Waals surface area contributed by atoms with E-state index >= 15 is 0 Å². The smallest absolute Gasteiger partial charge is 0.218 e. The van der Waals surface area contributed by atoms with E-state index in [1.807, 2.05) is 11.5 Å². The molecule has 0 spiro atoms. The monoisotopic (exact) mass is 235 g/mol. The van der Waals surface area contributed by atoms with Gasteiger partial charge in [-0.2, -0.15) is 5.26 Å². The van der Waals surface area contributed by atoms with Gasteiger partial charge in [0.15, 0.2) is 0 Å². The molecule has 0 amide bonds. The number of ether oxygens (including phenoxy) is 2. The average molecular weight is 235 g/mol. The van der Waals surface area contributed by atoms with Crippen molar-refractivity contribution in [2.24, 2.45) is 0 Å². The first-order valence-electron chi connectivity index (χ1n) is 5.89. The van der Waals surface area contributed by atoms with Crippen LogP contribution in [0.25, 0.3) is 0 Å². The molecular formula is C12H17N3O2. The second-order valence-corrected chi connectivity index (χ2v) is 4.08. The highest BCUT2D eigenvalue weighted by Gasteiger charge is 2.21. The van der Waals surface area contributed by atoms with Crippen molar-refractivity contribution < 1.29 is 9.47 Å². The van der Waals surface area contributed by atoms with E-state index in [9.17, 15) is 0 Å². The van der Waals surface area contributed by atoms with Crippen molar-refractivity contribution in [3.63, 3.8) is 0 Å². The molecule has 1 saturated heterocycles. The zero-order valence-corrected chi connectivity index (χ0v) is 9.98. The van der Waals surface area contributed by atoms with Crippen molar-refractivity contribution in [2.75, 3.05) is 18.9 Å². The van der Waals surface area contributed by atoms with Crippen LogP contribution in [0.4, 0.5) is 5.69 Å². The maximum Gasteiger partial charge on any atom is 0.218 e. The van der Waals surface area contributed by atoms with Crippen LogP contribution in [0.5, 0.6) is 5.88 Å². The first kappa shape index (κ1) is 11.8. The zero-order valence-electron chi connectivity index (χ0n) is 9.98. The van der Waals surface area contributed by atoms with Crippen LogP contribution in [0, 0.1) is 11.3 Å². The van der Waals surface area contributed by atoms with Crippen molar-refractivity contribution in [1.29, 1.82) is 5.26 Å². The quantitative estimate of drug-likeness (QED) is 0.858. The number of nitrogens with two attached hydrogens (primary N) is 1. The fourth-order valence-electron chi connectivity index (χ4n) is 2.12. The summed E-state index contributed by atoms with van der Waals surface area (Å²) in [5.41, 5.74) is 6.88. The van der Waals surface area contributed by atoms with Crippen molar-refractivity contribution in [3.8, 4) is 11.9 Å². The van der Waals surface area contributed by atoms with Gasteiger partial charge in [0.25, 0.3) is 0 Å². The summed E-state index contributed by atoms with van der Waals surface area (Å²) in [6.45, 7) is 3.86. The number of hydrogen-bond acceptors (Lipinski definition) is 4. The number of aromatic nitrogens is 1. The van der Waals surface area contributed by atoms with E-state index in [2.05, 4.69) is 6.07 Å². The van der Waals surface area contributed by atoms with Gasteiger partial charge in [-0.25, -0.2) is 0 Å². The Morgan fingerprint density at radius 2 is 2.53 bits per heavy atom. The predicted molar refractivity (Wildman–Crippen MR) is 63.7 cm³/mol. The van der Waals surface area contributed by atoms with Gasteiger partial charge in [0, 0.05) is 12.7 Å². The fourth-order valence-corrected chi connectivity index (χ4v) is 2.12. The number of hydrogen-bond donors (Lipinski definition) is 1. The summed E-state index contributed by atoms with van der Waals surface area (Å²) >= 11 is 0. The van der Waals surface area contributed by atoms with E-state index in [1.54, 1.807) is 6.07 Å². The highest BCUT2D eigenvalue weighted by molar-refractivity contribution is 5.55. The van der Waals surface area contributed by atoms with Crippen LogP contribution in [-0.2, 0) is 11.3 Å². The number of nitrogen functional groups attached to an aromatic ring is 1. The molecule has 2 N–H and O–H groups in total. The summed E-state index contributed by atoms with van der Waals surface area (Å²) < 4.78 is 12.9. The normalized spacial score (nSPS) is 19.2. The standard InChI is InChI=1S/C12H17N3O2/c1-2-16-12-11(14)6-9(7-13)15(12)8-10-4-3-5-17-10/h6,10H,2-5,8,14H2,1H3. The molecule has 17 heavy (non-hydrogen) atoms. The summed E-state index contributed by atoms with van der Waals surface area (Å²) in [5, 5.41) is 9.08. The lowest BCUT2D eigenvalue weighted by Crippen LogP contribution is -2.17. The van der Waals surface area contributed by atoms with Crippen molar-refractivity contribution in [2.45, 2.75) is 32.4 Å². The van der Waals surface area contributed by atoms with E-state index in [-0.39, 0.29) is 6.10 Å². The molecule has 1 aliphatic rings. The molecule has 1 fully saturated rings. The topological polar surface area (TPSA) is 73.2 Å². The highest BCUT2D eigenvalue weighted by atomic mass is 16.5. The van der Waals surface area contributed by atoms with Crippen LogP contribution >= 0.6 is 0 Å². The predicted octanol–water partition coefficient (Wildman–Crippen LogP) is 1.52. The molecule has 1 aromatic rings. The maximum absolute atomic E-state index is 9.08. The van der Waals surface area contributed by atoms with Gasteiger partial charge in [-0.1, -0.05) is 0 Å². The van der Waals surface area contributed by atoms with Crippen molar-refractivity contribution in [3.05, 3.63) is 11.8 Å². The maximum atomic E-state index is 9.08. The Kier molecular flexibility index (Phi) is 3.55. The third-order valence-electron chi connectivity index (χ3n) is 2.88. The van der Waals surface area contributed by atoms with E-state index in [4.69, 9.17) is 20.5 Å². The van der Waals surface area contributed by atoms with Gasteiger partial charge in [0.05, 0.1) is 24.9 Å². The Morgan fingerprint density at radius 3 is 3.12 bits per heavy atom. The molecule has 2 rings (SSSR count). The number of nitriles is 1. The molecule has 1 aliphatic heterocycles. The lowest BCUT2D eigenvalue weighted by Gasteiger charge is -2.15. The van der Waals surface area contributed by atoms with Gasteiger partial charge in [-0.15, -0.1) is 0 Å². The van der Waals surface area contributed by atoms with Crippen molar-refractivity contribution in [1.82, 2.24) is 4.57 Å². The second-order valence-electron chi connectivity index (χ2n) is 4.08. The lowest BCUT2D eigenvalue weighted by atomic mass is 10.2. The minimum absolute atomic E-state index is 0.160. The van der Waals surface area contributed by atoms with E-state index in [0.29, 0.717) is 30.4 Å². The Morgan fingerprint density at radius 1 is 1.71 bits per heavy atom. The van der Waals surface area contributed by atoms with Crippen LogP contribution in [0.1, 0.15) is 25.5 Å². The molecule has 1 aromatic heterocycles. The molecule has 0 bridgehead atoms. The lowest BCUT2D eigenvalue weighted by molar-refractivity contribution is 0.0942. The number of anilines is 1. The molecule has 1 atom stereocenters. The van der Waals surface area contributed by atoms with Crippen molar-refractivity contribution >= 4 is 5.69 Å². The average Bonchev–Trinajstić information content (AvgIpc) is 2.92. The van der Waals surface area contributed by atoms with Crippen LogP contribution < -0.4 is 10.5 Å². The molecular weight excluding hydrogens is 218 g/mol. The third kappa shape index (κ3) is 2.37. The SMILES string of the molecule is CCOc1c(N)cc(C#N)n1CC1CCCO1. The summed E-state index contributed by atoms with van der Waals surface area (Å²) in [6.07, 6.45) is 2.26. The number of rotatable bonds is 4. The van der Waals surface area contributed by atoms with E-state index < -0.39 is 0 Å². The summed E-state index contributed by atoms with van der Waals surface area (Å²) in [7, 11) is 0. The molecule has 92 valence electrons. The molecule has 0 saturated carbocycles. The van der Waals surface area contributed by atoms with Gasteiger partial charge in [0.1, 0.15) is 11.8 Å². The fraction of sp³-hybridized carbons (Fsp3) is 0.583. The molecule has 2 heterocycles. The highest BCUT2D eigenvalue weighted by Crippen LogP contribution is 2.28. The van der Waals surface area contributed by atoms with Gasteiger partial charge >= 0.3 is 0 Å². The Labute approximate surface area is 101 Å². The first-order chi connectivity index (χ1) is 8.26. The summed E-state index contributed by atoms with van der Waals surface area (Å²) in [5.74, 6) is 0.583. The van der Waals surface area contributed by atoms with Crippen LogP contribution in [0.15, 0.2) is 6.07 Å². The van der Waals surface area contributed by atoms with E-state index in [0.717, 1.165) is 19.4 Å². The minimum Gasteiger partial charge on any atom is -0.478 e. The molecule has 0 aromatic carbocycles. The van der Waals surface area contributed by atoms with E-state index in [1.165, 1.54) is 0 Å². The van der Waals surface area contributed by atoms with Crippen LogP contribution in [0.2, 0.25) is 0 Å². The van der Waals surface area contributed by atoms with Gasteiger partial charge in [-0.3, -0.25) is 4.57 Å². The summed E-state index contributed by atoms with van der Waals surface area (Å²) in [4.78, 5) is 0. The Hall–Kier alpha value is -1.67. The van der Waals surface area contributed by atoms with Gasteiger partial charge < -0.3 is 15.2 Å². The molecule has 5 nitrogen and oxygen atoms in total. The molecule has 0 aliphatic carbocycles. The molecule has 0 radical (unpaired) electrons. The molecule has 5 heteroatoms. The van der Waals surface area contributed by atoms with Crippen LogP contribution in [-0.4, -0.2) is 23.9 Å². The summed E-state index contributed by atoms with van der Waals surface area (Å²) in [6, 6.07) is 3.79. The van der Waals surface area contributed by atoms with Gasteiger partial charge in [-0.05, 0) is 19.8 Å². The Balaban J connectivity index is 2.25. The minimum atomic E-state index is 0.160. The number of nitrogens with zero attached hydrogens (tertiary/aromatic N) is 2.